The lowest BCUT2D eigenvalue weighted by atomic mass is 9.95. The largest absolute Gasteiger partial charge is 0.508 e. The van der Waals surface area contributed by atoms with E-state index in [1.54, 1.807) is 54.3 Å². The molecule has 1 aliphatic heterocycles. The number of rotatable bonds is 5. The normalized spacial score (nSPS) is 14.8. The summed E-state index contributed by atoms with van der Waals surface area (Å²) in [5, 5.41) is 21.3. The molecule has 0 bridgehead atoms. The Kier molecular flexibility index (Phi) is 5.88. The molecule has 0 saturated heterocycles. The lowest BCUT2D eigenvalue weighted by molar-refractivity contribution is -0.113. The van der Waals surface area contributed by atoms with Crippen LogP contribution in [-0.2, 0) is 4.79 Å². The molecule has 0 spiro atoms. The van der Waals surface area contributed by atoms with Gasteiger partial charge in [0, 0.05) is 21.8 Å². The van der Waals surface area contributed by atoms with Gasteiger partial charge in [0.2, 0.25) is 5.95 Å². The molecule has 5 rings (SSSR count). The van der Waals surface area contributed by atoms with Crippen LogP contribution in [0.15, 0.2) is 84.1 Å². The molecule has 0 unspecified atom stereocenters. The average molecular weight is 488 g/mol. The number of allylic oxidation sites excluding steroid dienone is 1. The van der Waals surface area contributed by atoms with Crippen molar-refractivity contribution in [1.29, 1.82) is 0 Å². The molecule has 0 radical (unpaired) electrons. The second kappa shape index (κ2) is 9.15. The fourth-order valence-electron chi connectivity index (χ4n) is 4.13. The number of hydrogen-bond donors (Lipinski definition) is 3. The van der Waals surface area contributed by atoms with Gasteiger partial charge in [-0.25, -0.2) is 4.68 Å². The number of nitrogens with zero attached hydrogens (tertiary/aromatic N) is 3. The van der Waals surface area contributed by atoms with Gasteiger partial charge in [-0.3, -0.25) is 4.79 Å². The van der Waals surface area contributed by atoms with E-state index in [4.69, 9.17) is 21.4 Å². The lowest BCUT2D eigenvalue weighted by Crippen LogP contribution is -2.31. The van der Waals surface area contributed by atoms with Gasteiger partial charge in [-0.1, -0.05) is 54.1 Å². The summed E-state index contributed by atoms with van der Waals surface area (Å²) in [6, 6.07) is 20.6. The van der Waals surface area contributed by atoms with Gasteiger partial charge < -0.3 is 20.5 Å². The fraction of sp³-hybridized carbons (Fsp3) is 0.115. The molecule has 2 heterocycles. The molecular formula is C26H22ClN5O3. The van der Waals surface area contributed by atoms with Crippen molar-refractivity contribution in [3.05, 3.63) is 94.7 Å². The van der Waals surface area contributed by atoms with Crippen molar-refractivity contribution in [2.45, 2.75) is 13.0 Å². The van der Waals surface area contributed by atoms with Gasteiger partial charge in [-0.05, 0) is 37.3 Å². The molecule has 1 aromatic heterocycles. The van der Waals surface area contributed by atoms with Gasteiger partial charge >= 0.3 is 0 Å². The van der Waals surface area contributed by atoms with Crippen LogP contribution in [-0.4, -0.2) is 32.9 Å². The van der Waals surface area contributed by atoms with E-state index in [0.717, 1.165) is 0 Å². The van der Waals surface area contributed by atoms with Crippen molar-refractivity contribution in [2.24, 2.45) is 0 Å². The van der Waals surface area contributed by atoms with E-state index < -0.39 is 6.04 Å². The molecule has 1 atom stereocenters. The number of aromatic hydroxyl groups is 1. The van der Waals surface area contributed by atoms with Crippen LogP contribution in [0.1, 0.15) is 18.5 Å². The number of ether oxygens (including phenoxy) is 1. The Morgan fingerprint density at radius 3 is 2.66 bits per heavy atom. The average Bonchev–Trinajstić information content (AvgIpc) is 3.27. The van der Waals surface area contributed by atoms with Crippen molar-refractivity contribution in [3.8, 4) is 22.9 Å². The van der Waals surface area contributed by atoms with Crippen LogP contribution in [0.5, 0.6) is 11.5 Å². The number of carbonyl (C=O) groups excluding carboxylic acids is 1. The minimum Gasteiger partial charge on any atom is -0.508 e. The van der Waals surface area contributed by atoms with Crippen LogP contribution in [0.3, 0.4) is 0 Å². The van der Waals surface area contributed by atoms with Crippen LogP contribution in [0.2, 0.25) is 5.02 Å². The minimum atomic E-state index is -0.645. The van der Waals surface area contributed by atoms with Gasteiger partial charge in [-0.2, -0.15) is 4.98 Å². The third-order valence-corrected chi connectivity index (χ3v) is 6.10. The van der Waals surface area contributed by atoms with Crippen LogP contribution in [0, 0.1) is 0 Å². The lowest BCUT2D eigenvalue weighted by Gasteiger charge is -2.29. The Hall–Kier alpha value is -4.30. The molecule has 9 heteroatoms. The summed E-state index contributed by atoms with van der Waals surface area (Å²) in [7, 11) is 1.55. The quantitative estimate of drug-likeness (QED) is 0.356. The van der Waals surface area contributed by atoms with Gasteiger partial charge in [0.15, 0.2) is 5.82 Å². The number of hydrogen-bond acceptors (Lipinski definition) is 6. The molecule has 176 valence electrons. The van der Waals surface area contributed by atoms with Crippen LogP contribution < -0.4 is 15.4 Å². The van der Waals surface area contributed by atoms with E-state index >= 15 is 0 Å². The Balaban J connectivity index is 1.62. The first-order valence-corrected chi connectivity index (χ1v) is 11.3. The van der Waals surface area contributed by atoms with Gasteiger partial charge in [-0.15, -0.1) is 5.10 Å². The van der Waals surface area contributed by atoms with Crippen molar-refractivity contribution < 1.29 is 14.6 Å². The fourth-order valence-corrected chi connectivity index (χ4v) is 4.37. The van der Waals surface area contributed by atoms with Gasteiger partial charge in [0.25, 0.3) is 5.91 Å². The highest BCUT2D eigenvalue weighted by Crippen LogP contribution is 2.39. The summed E-state index contributed by atoms with van der Waals surface area (Å²) in [5.74, 6) is 1.19. The maximum Gasteiger partial charge on any atom is 0.255 e. The van der Waals surface area contributed by atoms with E-state index in [2.05, 4.69) is 15.6 Å². The number of carbonyl (C=O) groups is 1. The van der Waals surface area contributed by atoms with E-state index in [-0.39, 0.29) is 11.7 Å². The van der Waals surface area contributed by atoms with Crippen molar-refractivity contribution in [1.82, 2.24) is 14.8 Å². The SMILES string of the molecule is COc1ccccc1NC(=O)C1=C(C)Nc2nc(-c3cccc(O)c3)nn2[C@H]1c1ccccc1Cl. The first-order chi connectivity index (χ1) is 17.0. The second-order valence-corrected chi connectivity index (χ2v) is 8.40. The number of nitrogens with one attached hydrogen (secondary N) is 2. The maximum absolute atomic E-state index is 13.7. The summed E-state index contributed by atoms with van der Waals surface area (Å²) < 4.78 is 7.04. The Labute approximate surface area is 206 Å². The van der Waals surface area contributed by atoms with Crippen molar-refractivity contribution in [2.75, 3.05) is 17.7 Å². The number of fused-ring (bicyclic) bond motifs is 1. The summed E-state index contributed by atoms with van der Waals surface area (Å²) in [5.41, 5.74) is 2.94. The standard InChI is InChI=1S/C26H22ClN5O3/c1-15-22(25(34)29-20-12-5-6-13-21(20)35-2)23(18-10-3-4-11-19(18)27)32-26(28-15)30-24(31-32)16-8-7-9-17(33)14-16/h3-14,23,33H,1-2H3,(H,29,34)(H,28,30,31)/t23-/m0/s1. The second-order valence-electron chi connectivity index (χ2n) is 8.00. The van der Waals surface area contributed by atoms with E-state index in [0.29, 0.717) is 50.6 Å². The number of halogens is 1. The molecule has 0 aliphatic carbocycles. The predicted octanol–water partition coefficient (Wildman–Crippen LogP) is 5.24. The smallest absolute Gasteiger partial charge is 0.255 e. The number of benzene rings is 3. The first kappa shape index (κ1) is 22.5. The van der Waals surface area contributed by atoms with E-state index in [1.165, 1.54) is 0 Å². The molecule has 3 aromatic carbocycles. The molecule has 4 aromatic rings. The highest BCUT2D eigenvalue weighted by Gasteiger charge is 2.35. The number of anilines is 2. The number of para-hydroxylation sites is 2. The highest BCUT2D eigenvalue weighted by molar-refractivity contribution is 6.31. The molecular weight excluding hydrogens is 466 g/mol. The summed E-state index contributed by atoms with van der Waals surface area (Å²) in [4.78, 5) is 18.3. The van der Waals surface area contributed by atoms with Crippen LogP contribution >= 0.6 is 11.6 Å². The first-order valence-electron chi connectivity index (χ1n) is 10.9. The number of amides is 1. The van der Waals surface area contributed by atoms with Crippen molar-refractivity contribution in [3.63, 3.8) is 0 Å². The Morgan fingerprint density at radius 1 is 1.11 bits per heavy atom. The van der Waals surface area contributed by atoms with Crippen LogP contribution in [0.4, 0.5) is 11.6 Å². The number of methoxy groups -OCH3 is 1. The number of phenolic OH excluding ortho intramolecular Hbond substituents is 1. The predicted molar refractivity (Wildman–Crippen MR) is 135 cm³/mol. The van der Waals surface area contributed by atoms with E-state index in [9.17, 15) is 9.90 Å². The molecule has 8 nitrogen and oxygen atoms in total. The topological polar surface area (TPSA) is 101 Å². The zero-order valence-electron chi connectivity index (χ0n) is 19.0. The zero-order valence-corrected chi connectivity index (χ0v) is 19.7. The summed E-state index contributed by atoms with van der Waals surface area (Å²) in [6.07, 6.45) is 0. The third-order valence-electron chi connectivity index (χ3n) is 5.76. The minimum absolute atomic E-state index is 0.108. The van der Waals surface area contributed by atoms with Crippen molar-refractivity contribution >= 4 is 29.1 Å². The van der Waals surface area contributed by atoms with Gasteiger partial charge in [0.05, 0.1) is 18.4 Å². The summed E-state index contributed by atoms with van der Waals surface area (Å²) >= 11 is 6.60. The Morgan fingerprint density at radius 2 is 1.89 bits per heavy atom. The molecule has 1 amide bonds. The monoisotopic (exact) mass is 487 g/mol. The molecule has 0 fully saturated rings. The zero-order chi connectivity index (χ0) is 24.5. The Bertz CT molecular complexity index is 1460. The number of aromatic nitrogens is 3. The van der Waals surface area contributed by atoms with E-state index in [1.807, 2.05) is 37.3 Å². The number of phenols is 1. The molecule has 3 N–H and O–H groups in total. The summed E-state index contributed by atoms with van der Waals surface area (Å²) in [6.45, 7) is 1.81. The third kappa shape index (κ3) is 4.20. The van der Waals surface area contributed by atoms with Gasteiger partial charge in [0.1, 0.15) is 17.5 Å². The molecule has 35 heavy (non-hydrogen) atoms. The molecule has 1 aliphatic rings. The highest BCUT2D eigenvalue weighted by atomic mass is 35.5. The maximum atomic E-state index is 13.7. The molecule has 0 saturated carbocycles. The van der Waals surface area contributed by atoms with Crippen LogP contribution in [0.25, 0.3) is 11.4 Å².